The summed E-state index contributed by atoms with van der Waals surface area (Å²) in [7, 11) is 0. The Kier molecular flexibility index (Phi) is 4.05. The van der Waals surface area contributed by atoms with Crippen molar-refractivity contribution in [1.29, 1.82) is 0 Å². The number of hydrogen-bond acceptors (Lipinski definition) is 3. The summed E-state index contributed by atoms with van der Waals surface area (Å²) in [5.74, 6) is -0.738. The first-order valence-electron chi connectivity index (χ1n) is 4.59. The SMILES string of the molecule is Nc1cc(NC(=O)CCCO)ccc1F. The summed E-state index contributed by atoms with van der Waals surface area (Å²) in [6.07, 6.45) is 0.635. The number of hydrogen-bond donors (Lipinski definition) is 3. The largest absolute Gasteiger partial charge is 0.396 e. The van der Waals surface area contributed by atoms with Crippen molar-refractivity contribution < 1.29 is 14.3 Å². The number of aliphatic hydroxyl groups excluding tert-OH is 1. The maximum Gasteiger partial charge on any atom is 0.224 e. The van der Waals surface area contributed by atoms with Gasteiger partial charge in [0.25, 0.3) is 0 Å². The topological polar surface area (TPSA) is 75.3 Å². The van der Waals surface area contributed by atoms with Crippen LogP contribution in [0.5, 0.6) is 0 Å². The third-order valence-corrected chi connectivity index (χ3v) is 1.84. The minimum atomic E-state index is -0.511. The smallest absolute Gasteiger partial charge is 0.224 e. The number of carbonyl (C=O) groups is 1. The van der Waals surface area contributed by atoms with Crippen LogP contribution in [0.4, 0.5) is 15.8 Å². The molecule has 0 fully saturated rings. The number of nitrogen functional groups attached to an aromatic ring is 1. The van der Waals surface area contributed by atoms with Crippen LogP contribution in [-0.4, -0.2) is 17.6 Å². The summed E-state index contributed by atoms with van der Waals surface area (Å²) in [4.78, 5) is 11.2. The molecule has 4 nitrogen and oxygen atoms in total. The predicted molar refractivity (Wildman–Crippen MR) is 55.8 cm³/mol. The van der Waals surface area contributed by atoms with Crippen LogP contribution in [0.3, 0.4) is 0 Å². The molecule has 0 saturated carbocycles. The van der Waals surface area contributed by atoms with E-state index in [9.17, 15) is 9.18 Å². The molecule has 15 heavy (non-hydrogen) atoms. The number of benzene rings is 1. The fraction of sp³-hybridized carbons (Fsp3) is 0.300. The molecule has 1 amide bonds. The molecule has 0 aliphatic heterocycles. The van der Waals surface area contributed by atoms with Crippen molar-refractivity contribution in [2.75, 3.05) is 17.7 Å². The van der Waals surface area contributed by atoms with Crippen LogP contribution in [0.25, 0.3) is 0 Å². The van der Waals surface area contributed by atoms with Gasteiger partial charge >= 0.3 is 0 Å². The van der Waals surface area contributed by atoms with Crippen molar-refractivity contribution in [3.05, 3.63) is 24.0 Å². The van der Waals surface area contributed by atoms with Gasteiger partial charge in [-0.25, -0.2) is 4.39 Å². The van der Waals surface area contributed by atoms with Gasteiger partial charge in [-0.1, -0.05) is 0 Å². The molecular formula is C10H13FN2O2. The number of rotatable bonds is 4. The van der Waals surface area contributed by atoms with E-state index in [1.165, 1.54) is 18.2 Å². The Morgan fingerprint density at radius 3 is 2.87 bits per heavy atom. The summed E-state index contributed by atoms with van der Waals surface area (Å²) in [5, 5.41) is 11.1. The van der Waals surface area contributed by atoms with Gasteiger partial charge in [0, 0.05) is 18.7 Å². The molecule has 0 unspecified atom stereocenters. The van der Waals surface area contributed by atoms with Crippen molar-refractivity contribution in [2.45, 2.75) is 12.8 Å². The minimum Gasteiger partial charge on any atom is -0.396 e. The van der Waals surface area contributed by atoms with Gasteiger partial charge in [0.1, 0.15) is 5.82 Å². The van der Waals surface area contributed by atoms with E-state index < -0.39 is 5.82 Å². The van der Waals surface area contributed by atoms with E-state index in [0.29, 0.717) is 12.1 Å². The van der Waals surface area contributed by atoms with Gasteiger partial charge in [0.05, 0.1) is 5.69 Å². The first-order chi connectivity index (χ1) is 7.13. The lowest BCUT2D eigenvalue weighted by Gasteiger charge is -2.05. The number of amides is 1. The molecule has 0 heterocycles. The Balaban J connectivity index is 2.57. The van der Waals surface area contributed by atoms with Gasteiger partial charge in [0.15, 0.2) is 0 Å². The van der Waals surface area contributed by atoms with E-state index in [0.717, 1.165) is 0 Å². The zero-order valence-electron chi connectivity index (χ0n) is 8.16. The molecule has 0 aromatic heterocycles. The Morgan fingerprint density at radius 2 is 2.27 bits per heavy atom. The lowest BCUT2D eigenvalue weighted by atomic mass is 10.2. The van der Waals surface area contributed by atoms with Crippen LogP contribution in [-0.2, 0) is 4.79 Å². The van der Waals surface area contributed by atoms with Gasteiger partial charge < -0.3 is 16.2 Å². The molecule has 1 aromatic rings. The second-order valence-corrected chi connectivity index (χ2v) is 3.11. The fourth-order valence-corrected chi connectivity index (χ4v) is 1.08. The molecule has 0 bridgehead atoms. The monoisotopic (exact) mass is 212 g/mol. The Bertz CT molecular complexity index is 355. The number of halogens is 1. The summed E-state index contributed by atoms with van der Waals surface area (Å²) in [6, 6.07) is 3.98. The van der Waals surface area contributed by atoms with Crippen molar-refractivity contribution in [3.8, 4) is 0 Å². The summed E-state index contributed by atoms with van der Waals surface area (Å²) in [5.41, 5.74) is 5.78. The average molecular weight is 212 g/mol. The Hall–Kier alpha value is -1.62. The fourth-order valence-electron chi connectivity index (χ4n) is 1.08. The van der Waals surface area contributed by atoms with E-state index in [-0.39, 0.29) is 24.6 Å². The van der Waals surface area contributed by atoms with Gasteiger partial charge in [-0.2, -0.15) is 0 Å². The third kappa shape index (κ3) is 3.55. The van der Waals surface area contributed by atoms with Gasteiger partial charge in [-0.05, 0) is 24.6 Å². The standard InChI is InChI=1S/C10H13FN2O2/c11-8-4-3-7(6-9(8)12)13-10(15)2-1-5-14/h3-4,6,14H,1-2,5,12H2,(H,13,15). The van der Waals surface area contributed by atoms with Crippen LogP contribution in [0, 0.1) is 5.82 Å². The van der Waals surface area contributed by atoms with E-state index in [1.54, 1.807) is 0 Å². The summed E-state index contributed by atoms with van der Waals surface area (Å²) < 4.78 is 12.8. The molecule has 82 valence electrons. The summed E-state index contributed by atoms with van der Waals surface area (Å²) >= 11 is 0. The maximum absolute atomic E-state index is 12.8. The highest BCUT2D eigenvalue weighted by Gasteiger charge is 2.03. The summed E-state index contributed by atoms with van der Waals surface area (Å²) in [6.45, 7) is -0.0288. The van der Waals surface area contributed by atoms with Gasteiger partial charge in [-0.15, -0.1) is 0 Å². The molecule has 0 aliphatic rings. The van der Waals surface area contributed by atoms with Crippen molar-refractivity contribution in [2.24, 2.45) is 0 Å². The van der Waals surface area contributed by atoms with E-state index in [4.69, 9.17) is 10.8 Å². The molecule has 1 rings (SSSR count). The van der Waals surface area contributed by atoms with Crippen molar-refractivity contribution in [1.82, 2.24) is 0 Å². The van der Waals surface area contributed by atoms with E-state index in [1.807, 2.05) is 0 Å². The quantitative estimate of drug-likeness (QED) is 0.654. The van der Waals surface area contributed by atoms with Crippen molar-refractivity contribution in [3.63, 3.8) is 0 Å². The molecule has 0 atom stereocenters. The maximum atomic E-state index is 12.8. The number of anilines is 2. The predicted octanol–water partition coefficient (Wildman–Crippen LogP) is 1.12. The zero-order chi connectivity index (χ0) is 11.3. The first-order valence-corrected chi connectivity index (χ1v) is 4.59. The lowest BCUT2D eigenvalue weighted by molar-refractivity contribution is -0.116. The highest BCUT2D eigenvalue weighted by Crippen LogP contribution is 2.16. The lowest BCUT2D eigenvalue weighted by Crippen LogP contribution is -2.12. The van der Waals surface area contributed by atoms with Crippen LogP contribution >= 0.6 is 0 Å². The average Bonchev–Trinajstić information content (AvgIpc) is 2.20. The second-order valence-electron chi connectivity index (χ2n) is 3.11. The van der Waals surface area contributed by atoms with Crippen molar-refractivity contribution >= 4 is 17.3 Å². The molecule has 1 aromatic carbocycles. The minimum absolute atomic E-state index is 0.00467. The second kappa shape index (κ2) is 5.31. The molecule has 0 saturated heterocycles. The van der Waals surface area contributed by atoms with Crippen LogP contribution in [0.15, 0.2) is 18.2 Å². The van der Waals surface area contributed by atoms with E-state index >= 15 is 0 Å². The molecule has 0 aliphatic carbocycles. The number of aliphatic hydroxyl groups is 1. The van der Waals surface area contributed by atoms with Gasteiger partial charge in [0.2, 0.25) is 5.91 Å². The Labute approximate surface area is 86.9 Å². The van der Waals surface area contributed by atoms with Gasteiger partial charge in [-0.3, -0.25) is 4.79 Å². The Morgan fingerprint density at radius 1 is 1.53 bits per heavy atom. The van der Waals surface area contributed by atoms with E-state index in [2.05, 4.69) is 5.32 Å². The number of nitrogens with one attached hydrogen (secondary N) is 1. The normalized spacial score (nSPS) is 10.0. The molecule has 4 N–H and O–H groups in total. The molecule has 0 radical (unpaired) electrons. The number of nitrogens with two attached hydrogens (primary N) is 1. The first kappa shape index (κ1) is 11.5. The van der Waals surface area contributed by atoms with Crippen LogP contribution < -0.4 is 11.1 Å². The highest BCUT2D eigenvalue weighted by molar-refractivity contribution is 5.91. The van der Waals surface area contributed by atoms with Crippen LogP contribution in [0.1, 0.15) is 12.8 Å². The van der Waals surface area contributed by atoms with Crippen LogP contribution in [0.2, 0.25) is 0 Å². The molecular weight excluding hydrogens is 199 g/mol. The molecule has 0 spiro atoms. The zero-order valence-corrected chi connectivity index (χ0v) is 8.16. The third-order valence-electron chi connectivity index (χ3n) is 1.84. The number of carbonyl (C=O) groups excluding carboxylic acids is 1. The molecule has 5 heteroatoms. The highest BCUT2D eigenvalue weighted by atomic mass is 19.1.